The predicted octanol–water partition coefficient (Wildman–Crippen LogP) is 2.90. The molecule has 0 bridgehead atoms. The van der Waals surface area contributed by atoms with E-state index in [-0.39, 0.29) is 41.4 Å². The molecular formula is C19H16O6. The van der Waals surface area contributed by atoms with Crippen LogP contribution in [0.1, 0.15) is 31.8 Å². The Morgan fingerprint density at radius 2 is 2.04 bits per heavy atom. The monoisotopic (exact) mass is 340 g/mol. The van der Waals surface area contributed by atoms with Crippen molar-refractivity contribution in [3.63, 3.8) is 0 Å². The van der Waals surface area contributed by atoms with E-state index in [1.165, 1.54) is 6.07 Å². The largest absolute Gasteiger partial charge is 0.507 e. The van der Waals surface area contributed by atoms with Crippen molar-refractivity contribution in [2.45, 2.75) is 6.42 Å². The topological polar surface area (TPSA) is 93.1 Å². The predicted molar refractivity (Wildman–Crippen MR) is 90.0 cm³/mol. The lowest BCUT2D eigenvalue weighted by Crippen LogP contribution is -2.11. The number of phenolic OH excluding ortho intramolecular Hbond substituents is 1. The number of benzene rings is 2. The van der Waals surface area contributed by atoms with Gasteiger partial charge in [-0.2, -0.15) is 0 Å². The Bertz CT molecular complexity index is 839. The average molecular weight is 340 g/mol. The summed E-state index contributed by atoms with van der Waals surface area (Å²) >= 11 is 0. The lowest BCUT2D eigenvalue weighted by molar-refractivity contribution is -0.230. The van der Waals surface area contributed by atoms with E-state index in [2.05, 4.69) is 4.89 Å². The fourth-order valence-electron chi connectivity index (χ4n) is 2.75. The van der Waals surface area contributed by atoms with E-state index in [1.54, 1.807) is 6.08 Å². The number of fused-ring (bicyclic) bond motifs is 1. The van der Waals surface area contributed by atoms with E-state index < -0.39 is 12.4 Å². The third-order valence-corrected chi connectivity index (χ3v) is 3.94. The van der Waals surface area contributed by atoms with Crippen molar-refractivity contribution in [1.82, 2.24) is 0 Å². The standard InChI is InChI=1S/C19H16O6/c20-15(11-25-23)14-9-17-18(16(21)10-24-17)19(22)13(14)8-4-7-12-5-2-1-3-6-12/h1-7,9,22-23H,8,10-11H2/b7-4+. The van der Waals surface area contributed by atoms with Gasteiger partial charge in [0.25, 0.3) is 0 Å². The number of phenols is 1. The van der Waals surface area contributed by atoms with Gasteiger partial charge in [0.05, 0.1) is 0 Å². The van der Waals surface area contributed by atoms with Crippen LogP contribution in [-0.2, 0) is 11.3 Å². The smallest absolute Gasteiger partial charge is 0.207 e. The minimum Gasteiger partial charge on any atom is -0.507 e. The van der Waals surface area contributed by atoms with Crippen molar-refractivity contribution in [1.29, 1.82) is 0 Å². The molecule has 1 aliphatic heterocycles. The highest BCUT2D eigenvalue weighted by Gasteiger charge is 2.30. The zero-order chi connectivity index (χ0) is 17.8. The summed E-state index contributed by atoms with van der Waals surface area (Å²) < 4.78 is 5.21. The molecule has 2 aromatic carbocycles. The molecule has 0 saturated heterocycles. The summed E-state index contributed by atoms with van der Waals surface area (Å²) in [7, 11) is 0. The summed E-state index contributed by atoms with van der Waals surface area (Å²) in [5.41, 5.74) is 1.50. The first-order valence-electron chi connectivity index (χ1n) is 7.67. The second-order valence-electron chi connectivity index (χ2n) is 5.55. The maximum Gasteiger partial charge on any atom is 0.207 e. The number of carbonyl (C=O) groups is 2. The summed E-state index contributed by atoms with van der Waals surface area (Å²) in [6, 6.07) is 10.9. The molecule has 6 nitrogen and oxygen atoms in total. The molecule has 6 heteroatoms. The van der Waals surface area contributed by atoms with Crippen LogP contribution in [0.2, 0.25) is 0 Å². The summed E-state index contributed by atoms with van der Waals surface area (Å²) in [6.45, 7) is -0.724. The molecule has 25 heavy (non-hydrogen) atoms. The van der Waals surface area contributed by atoms with Crippen LogP contribution in [0.4, 0.5) is 0 Å². The van der Waals surface area contributed by atoms with E-state index in [1.807, 2.05) is 36.4 Å². The zero-order valence-electron chi connectivity index (χ0n) is 13.3. The summed E-state index contributed by atoms with van der Waals surface area (Å²) in [5.74, 6) is -0.955. The second kappa shape index (κ2) is 7.29. The number of aromatic hydroxyl groups is 1. The van der Waals surface area contributed by atoms with Gasteiger partial charge >= 0.3 is 0 Å². The Labute approximate surface area is 143 Å². The normalized spacial score (nSPS) is 13.1. The fourth-order valence-corrected chi connectivity index (χ4v) is 2.75. The number of carbonyl (C=O) groups excluding carboxylic acids is 2. The van der Waals surface area contributed by atoms with Crippen molar-refractivity contribution in [2.24, 2.45) is 0 Å². The molecule has 1 heterocycles. The van der Waals surface area contributed by atoms with E-state index >= 15 is 0 Å². The van der Waals surface area contributed by atoms with Crippen LogP contribution in [-0.4, -0.2) is 35.1 Å². The average Bonchev–Trinajstić information content (AvgIpc) is 2.99. The Morgan fingerprint density at radius 1 is 1.28 bits per heavy atom. The lowest BCUT2D eigenvalue weighted by Gasteiger charge is -2.12. The number of hydrogen-bond donors (Lipinski definition) is 2. The maximum atomic E-state index is 12.2. The first kappa shape index (κ1) is 16.9. The molecule has 0 aliphatic carbocycles. The van der Waals surface area contributed by atoms with Gasteiger partial charge in [0.2, 0.25) is 5.78 Å². The molecule has 0 atom stereocenters. The maximum absolute atomic E-state index is 12.2. The minimum absolute atomic E-state index is 0.0876. The Hall–Kier alpha value is -2.96. The molecular weight excluding hydrogens is 324 g/mol. The molecule has 2 aromatic rings. The van der Waals surface area contributed by atoms with Crippen molar-refractivity contribution < 1.29 is 29.6 Å². The first-order chi connectivity index (χ1) is 12.1. The number of ketones is 2. The molecule has 3 rings (SSSR count). The minimum atomic E-state index is -0.554. The van der Waals surface area contributed by atoms with Crippen LogP contribution in [0.25, 0.3) is 6.08 Å². The van der Waals surface area contributed by atoms with Crippen LogP contribution >= 0.6 is 0 Å². The van der Waals surface area contributed by atoms with Gasteiger partial charge < -0.3 is 9.84 Å². The molecule has 0 spiro atoms. The van der Waals surface area contributed by atoms with Crippen molar-refractivity contribution in [2.75, 3.05) is 13.2 Å². The number of hydrogen-bond acceptors (Lipinski definition) is 6. The highest BCUT2D eigenvalue weighted by molar-refractivity contribution is 6.08. The summed E-state index contributed by atoms with van der Waals surface area (Å²) in [6.07, 6.45) is 3.86. The first-order valence-corrected chi connectivity index (χ1v) is 7.67. The fraction of sp³-hybridized carbons (Fsp3) is 0.158. The summed E-state index contributed by atoms with van der Waals surface area (Å²) in [4.78, 5) is 28.0. The SMILES string of the molecule is O=C(COO)c1cc2c(c(O)c1C/C=C/c1ccccc1)C(=O)CO2. The van der Waals surface area contributed by atoms with E-state index in [0.29, 0.717) is 5.56 Å². The zero-order valence-corrected chi connectivity index (χ0v) is 13.3. The Balaban J connectivity index is 1.98. The molecule has 2 N–H and O–H groups in total. The van der Waals surface area contributed by atoms with Gasteiger partial charge in [0.1, 0.15) is 23.7 Å². The van der Waals surface area contributed by atoms with Gasteiger partial charge in [0.15, 0.2) is 12.4 Å². The van der Waals surface area contributed by atoms with Gasteiger partial charge in [-0.05, 0) is 18.1 Å². The van der Waals surface area contributed by atoms with Crippen LogP contribution in [0.3, 0.4) is 0 Å². The van der Waals surface area contributed by atoms with Crippen LogP contribution in [0.5, 0.6) is 11.5 Å². The second-order valence-corrected chi connectivity index (χ2v) is 5.55. The molecule has 0 fully saturated rings. The Morgan fingerprint density at radius 3 is 2.76 bits per heavy atom. The number of rotatable bonds is 6. The molecule has 128 valence electrons. The number of allylic oxidation sites excluding steroid dienone is 1. The van der Waals surface area contributed by atoms with E-state index in [0.717, 1.165) is 5.56 Å². The summed E-state index contributed by atoms with van der Waals surface area (Å²) in [5, 5.41) is 19.0. The molecule has 0 amide bonds. The quantitative estimate of drug-likeness (QED) is 0.477. The third-order valence-electron chi connectivity index (χ3n) is 3.94. The van der Waals surface area contributed by atoms with Crippen molar-refractivity contribution in [3.8, 4) is 11.5 Å². The van der Waals surface area contributed by atoms with E-state index in [9.17, 15) is 14.7 Å². The van der Waals surface area contributed by atoms with Gasteiger partial charge in [-0.15, -0.1) is 0 Å². The van der Waals surface area contributed by atoms with Crippen LogP contribution in [0, 0.1) is 0 Å². The molecule has 0 radical (unpaired) electrons. The van der Waals surface area contributed by atoms with Gasteiger partial charge in [-0.25, -0.2) is 4.89 Å². The van der Waals surface area contributed by atoms with Crippen molar-refractivity contribution in [3.05, 3.63) is 64.7 Å². The highest BCUT2D eigenvalue weighted by Crippen LogP contribution is 2.38. The molecule has 1 aliphatic rings. The van der Waals surface area contributed by atoms with E-state index in [4.69, 9.17) is 9.99 Å². The van der Waals surface area contributed by atoms with Gasteiger partial charge in [-0.3, -0.25) is 14.8 Å². The lowest BCUT2D eigenvalue weighted by atomic mass is 9.95. The number of ether oxygens (including phenoxy) is 1. The number of Topliss-reactive ketones (excluding diaryl/α,β-unsaturated/α-hetero) is 2. The highest BCUT2D eigenvalue weighted by atomic mass is 17.1. The molecule has 0 unspecified atom stereocenters. The third kappa shape index (κ3) is 3.45. The Kier molecular flexibility index (Phi) is 4.92. The van der Waals surface area contributed by atoms with Crippen LogP contribution < -0.4 is 4.74 Å². The van der Waals surface area contributed by atoms with Gasteiger partial charge in [0, 0.05) is 11.1 Å². The van der Waals surface area contributed by atoms with Crippen molar-refractivity contribution >= 4 is 17.6 Å². The van der Waals surface area contributed by atoms with Crippen LogP contribution in [0.15, 0.2) is 42.5 Å². The van der Waals surface area contributed by atoms with Gasteiger partial charge in [-0.1, -0.05) is 42.5 Å². The molecule has 0 saturated carbocycles. The molecule has 0 aromatic heterocycles.